The molecule has 0 radical (unpaired) electrons. The average Bonchev–Trinajstić information content (AvgIpc) is 2.95. The van der Waals surface area contributed by atoms with Crippen molar-refractivity contribution in [1.82, 2.24) is 9.78 Å². The average molecular weight is 277 g/mol. The van der Waals surface area contributed by atoms with Crippen molar-refractivity contribution in [3.8, 4) is 0 Å². The van der Waals surface area contributed by atoms with Crippen molar-refractivity contribution in [2.75, 3.05) is 0 Å². The van der Waals surface area contributed by atoms with Gasteiger partial charge in [-0.2, -0.15) is 5.10 Å². The van der Waals surface area contributed by atoms with Gasteiger partial charge in [0.05, 0.1) is 17.8 Å². The number of nitrogens with two attached hydrogens (primary N) is 1. The lowest BCUT2D eigenvalue weighted by atomic mass is 9.94. The van der Waals surface area contributed by atoms with Gasteiger partial charge in [0.1, 0.15) is 0 Å². The van der Waals surface area contributed by atoms with Crippen LogP contribution in [0.2, 0.25) is 0 Å². The summed E-state index contributed by atoms with van der Waals surface area (Å²) in [5, 5.41) is 4.57. The molecule has 0 amide bonds. The molecule has 3 heteroatoms. The fourth-order valence-electron chi connectivity index (χ4n) is 2.62. The van der Waals surface area contributed by atoms with Crippen molar-refractivity contribution in [3.63, 3.8) is 0 Å². The van der Waals surface area contributed by atoms with Gasteiger partial charge in [0.15, 0.2) is 0 Å². The maximum atomic E-state index is 6.55. The van der Waals surface area contributed by atoms with E-state index in [4.69, 9.17) is 5.73 Å². The van der Waals surface area contributed by atoms with Crippen molar-refractivity contribution in [1.29, 1.82) is 0 Å². The van der Waals surface area contributed by atoms with Gasteiger partial charge in [0.25, 0.3) is 0 Å². The third-order valence-corrected chi connectivity index (χ3v) is 3.69. The van der Waals surface area contributed by atoms with Crippen LogP contribution in [0.4, 0.5) is 0 Å². The van der Waals surface area contributed by atoms with E-state index >= 15 is 0 Å². The second-order valence-electron chi connectivity index (χ2n) is 5.23. The van der Waals surface area contributed by atoms with Crippen LogP contribution in [-0.2, 0) is 0 Å². The summed E-state index contributed by atoms with van der Waals surface area (Å²) in [7, 11) is 0. The van der Waals surface area contributed by atoms with E-state index in [1.807, 2.05) is 60.3 Å². The molecule has 0 spiro atoms. The Hall–Kier alpha value is -2.39. The molecule has 1 heterocycles. The van der Waals surface area contributed by atoms with Crippen molar-refractivity contribution >= 4 is 0 Å². The van der Waals surface area contributed by atoms with Gasteiger partial charge in [-0.05, 0) is 24.1 Å². The number of hydrogen-bond donors (Lipinski definition) is 1. The molecule has 0 aliphatic carbocycles. The number of rotatable bonds is 4. The molecule has 3 nitrogen and oxygen atoms in total. The van der Waals surface area contributed by atoms with Gasteiger partial charge in [0, 0.05) is 6.20 Å². The van der Waals surface area contributed by atoms with Crippen molar-refractivity contribution in [3.05, 3.63) is 89.7 Å². The van der Waals surface area contributed by atoms with Crippen LogP contribution in [0.25, 0.3) is 0 Å². The third-order valence-electron chi connectivity index (χ3n) is 3.69. The lowest BCUT2D eigenvalue weighted by Crippen LogP contribution is -2.26. The minimum absolute atomic E-state index is 0.0118. The zero-order valence-electron chi connectivity index (χ0n) is 12.1. The van der Waals surface area contributed by atoms with E-state index in [0.29, 0.717) is 0 Å². The summed E-state index contributed by atoms with van der Waals surface area (Å²) in [6.07, 6.45) is 2.00. The molecule has 1 aromatic heterocycles. The van der Waals surface area contributed by atoms with Gasteiger partial charge in [0.2, 0.25) is 0 Å². The molecule has 0 saturated carbocycles. The Morgan fingerprint density at radius 2 is 1.43 bits per heavy atom. The molecule has 106 valence electrons. The number of aromatic nitrogens is 2. The first kappa shape index (κ1) is 13.6. The van der Waals surface area contributed by atoms with Gasteiger partial charge in [-0.3, -0.25) is 4.68 Å². The number of aryl methyl sites for hydroxylation is 1. The Labute approximate surface area is 125 Å². The van der Waals surface area contributed by atoms with E-state index in [2.05, 4.69) is 29.4 Å². The lowest BCUT2D eigenvalue weighted by Gasteiger charge is -2.25. The molecule has 2 atom stereocenters. The predicted octanol–water partition coefficient (Wildman–Crippen LogP) is 3.48. The number of hydrogen-bond acceptors (Lipinski definition) is 2. The summed E-state index contributed by atoms with van der Waals surface area (Å²) < 4.78 is 1.96. The molecule has 0 saturated heterocycles. The quantitative estimate of drug-likeness (QED) is 0.793. The number of nitrogens with zero attached hydrogens (tertiary/aromatic N) is 2. The second-order valence-corrected chi connectivity index (χ2v) is 5.23. The maximum absolute atomic E-state index is 6.55. The van der Waals surface area contributed by atoms with Gasteiger partial charge in [-0.25, -0.2) is 0 Å². The molecule has 0 aliphatic rings. The van der Waals surface area contributed by atoms with E-state index in [1.165, 1.54) is 0 Å². The fourth-order valence-corrected chi connectivity index (χ4v) is 2.62. The van der Waals surface area contributed by atoms with E-state index in [1.54, 1.807) is 0 Å². The lowest BCUT2D eigenvalue weighted by molar-refractivity contribution is 0.441. The molecule has 3 aromatic rings. The summed E-state index contributed by atoms with van der Waals surface area (Å²) in [5.74, 6) is 0. The van der Waals surface area contributed by atoms with Crippen molar-refractivity contribution in [2.45, 2.75) is 19.0 Å². The fraction of sp³-hybridized carbons (Fsp3) is 0.167. The molecule has 21 heavy (non-hydrogen) atoms. The summed E-state index contributed by atoms with van der Waals surface area (Å²) in [6, 6.07) is 22.3. The molecule has 0 bridgehead atoms. The van der Waals surface area contributed by atoms with Gasteiger partial charge in [-0.15, -0.1) is 0 Å². The Bertz CT molecular complexity index is 689. The van der Waals surface area contributed by atoms with Crippen LogP contribution in [-0.4, -0.2) is 9.78 Å². The molecule has 2 aromatic carbocycles. The maximum Gasteiger partial charge on any atom is 0.0961 e. The van der Waals surface area contributed by atoms with Gasteiger partial charge < -0.3 is 5.73 Å². The molecule has 3 rings (SSSR count). The van der Waals surface area contributed by atoms with E-state index in [0.717, 1.165) is 16.8 Å². The topological polar surface area (TPSA) is 43.8 Å². The first-order valence-corrected chi connectivity index (χ1v) is 7.13. The minimum atomic E-state index is -0.145. The largest absolute Gasteiger partial charge is 0.322 e. The van der Waals surface area contributed by atoms with E-state index in [9.17, 15) is 0 Å². The monoisotopic (exact) mass is 277 g/mol. The standard InChI is InChI=1S/C18H19N3/c1-14-12-13-21(20-14)18(16-10-6-3-7-11-16)17(19)15-8-4-2-5-9-15/h2-13,17-18H,19H2,1H3. The van der Waals surface area contributed by atoms with Crippen LogP contribution in [0.1, 0.15) is 28.9 Å². The summed E-state index contributed by atoms with van der Waals surface area (Å²) in [6.45, 7) is 1.99. The zero-order valence-corrected chi connectivity index (χ0v) is 12.1. The van der Waals surface area contributed by atoms with Crippen molar-refractivity contribution < 1.29 is 0 Å². The van der Waals surface area contributed by atoms with E-state index in [-0.39, 0.29) is 12.1 Å². The van der Waals surface area contributed by atoms with Crippen LogP contribution in [0.15, 0.2) is 72.9 Å². The second kappa shape index (κ2) is 5.94. The first-order valence-electron chi connectivity index (χ1n) is 7.13. The van der Waals surface area contributed by atoms with E-state index < -0.39 is 0 Å². The summed E-state index contributed by atoms with van der Waals surface area (Å²) in [5.41, 5.74) is 9.82. The van der Waals surface area contributed by atoms with Crippen LogP contribution in [0, 0.1) is 6.92 Å². The Balaban J connectivity index is 2.04. The smallest absolute Gasteiger partial charge is 0.0961 e. The Morgan fingerprint density at radius 3 is 1.95 bits per heavy atom. The predicted molar refractivity (Wildman–Crippen MR) is 84.9 cm³/mol. The Morgan fingerprint density at radius 1 is 0.857 bits per heavy atom. The number of benzene rings is 2. The zero-order chi connectivity index (χ0) is 14.7. The molecule has 2 N–H and O–H groups in total. The van der Waals surface area contributed by atoms with Gasteiger partial charge in [-0.1, -0.05) is 60.7 Å². The normalized spacial score (nSPS) is 13.8. The van der Waals surface area contributed by atoms with Crippen LogP contribution in [0.5, 0.6) is 0 Å². The molecular formula is C18H19N3. The SMILES string of the molecule is Cc1ccn(C(c2ccccc2)C(N)c2ccccc2)n1. The van der Waals surface area contributed by atoms with Crippen LogP contribution in [0.3, 0.4) is 0 Å². The third kappa shape index (κ3) is 2.88. The highest BCUT2D eigenvalue weighted by molar-refractivity contribution is 5.28. The molecule has 2 unspecified atom stereocenters. The minimum Gasteiger partial charge on any atom is -0.322 e. The molecule has 0 aliphatic heterocycles. The van der Waals surface area contributed by atoms with Crippen LogP contribution >= 0.6 is 0 Å². The first-order chi connectivity index (χ1) is 10.3. The molecular weight excluding hydrogens is 258 g/mol. The summed E-state index contributed by atoms with van der Waals surface area (Å²) in [4.78, 5) is 0. The summed E-state index contributed by atoms with van der Waals surface area (Å²) >= 11 is 0. The highest BCUT2D eigenvalue weighted by Gasteiger charge is 2.23. The van der Waals surface area contributed by atoms with Crippen molar-refractivity contribution in [2.24, 2.45) is 5.73 Å². The highest BCUT2D eigenvalue weighted by Crippen LogP contribution is 2.30. The Kier molecular flexibility index (Phi) is 3.84. The highest BCUT2D eigenvalue weighted by atomic mass is 15.3. The van der Waals surface area contributed by atoms with Gasteiger partial charge >= 0.3 is 0 Å². The molecule has 0 fully saturated rings. The van der Waals surface area contributed by atoms with Crippen LogP contribution < -0.4 is 5.73 Å².